The van der Waals surface area contributed by atoms with Crippen LogP contribution >= 0.6 is 15.9 Å². The van der Waals surface area contributed by atoms with E-state index >= 15 is 0 Å². The molecule has 0 unspecified atom stereocenters. The van der Waals surface area contributed by atoms with Crippen molar-refractivity contribution in [1.82, 2.24) is 0 Å². The third kappa shape index (κ3) is 2.75. The number of phenolic OH excluding ortho intramolecular Hbond substituents is 1. The third-order valence-corrected chi connectivity index (χ3v) is 3.19. The Morgan fingerprint density at radius 2 is 1.73 bits per heavy atom. The molecular formula is C13H19BrO. The lowest BCUT2D eigenvalue weighted by Gasteiger charge is -2.22. The van der Waals surface area contributed by atoms with Crippen LogP contribution in [0.5, 0.6) is 5.75 Å². The van der Waals surface area contributed by atoms with Gasteiger partial charge in [0.05, 0.1) is 4.47 Å². The monoisotopic (exact) mass is 270 g/mol. The van der Waals surface area contributed by atoms with E-state index in [0.29, 0.717) is 11.7 Å². The van der Waals surface area contributed by atoms with Crippen LogP contribution < -0.4 is 0 Å². The van der Waals surface area contributed by atoms with E-state index in [1.807, 2.05) is 6.07 Å². The Morgan fingerprint density at radius 1 is 1.20 bits per heavy atom. The van der Waals surface area contributed by atoms with Crippen LogP contribution in [0.4, 0.5) is 0 Å². The van der Waals surface area contributed by atoms with Gasteiger partial charge in [0.1, 0.15) is 5.75 Å². The van der Waals surface area contributed by atoms with Crippen LogP contribution in [0.2, 0.25) is 0 Å². The van der Waals surface area contributed by atoms with Crippen molar-refractivity contribution in [3.63, 3.8) is 0 Å². The Hall–Kier alpha value is -0.500. The van der Waals surface area contributed by atoms with Crippen molar-refractivity contribution >= 4 is 15.9 Å². The van der Waals surface area contributed by atoms with Gasteiger partial charge in [-0.25, -0.2) is 0 Å². The SMILES string of the molecule is CC(C)c1cc(C(C)(C)C)cc(Br)c1O. The topological polar surface area (TPSA) is 20.2 Å². The lowest BCUT2D eigenvalue weighted by atomic mass is 9.84. The second-order valence-corrected chi connectivity index (χ2v) is 6.15. The molecule has 0 radical (unpaired) electrons. The summed E-state index contributed by atoms with van der Waals surface area (Å²) in [6, 6.07) is 4.10. The van der Waals surface area contributed by atoms with Crippen molar-refractivity contribution in [2.45, 2.75) is 46.0 Å². The minimum Gasteiger partial charge on any atom is -0.506 e. The number of halogens is 1. The summed E-state index contributed by atoms with van der Waals surface area (Å²) in [4.78, 5) is 0. The Balaban J connectivity index is 3.36. The minimum absolute atomic E-state index is 0.111. The maximum Gasteiger partial charge on any atom is 0.133 e. The van der Waals surface area contributed by atoms with Crippen LogP contribution in [0.25, 0.3) is 0 Å². The van der Waals surface area contributed by atoms with E-state index in [2.05, 4.69) is 56.6 Å². The fourth-order valence-corrected chi connectivity index (χ4v) is 1.97. The van der Waals surface area contributed by atoms with Crippen LogP contribution in [0.3, 0.4) is 0 Å². The Kier molecular flexibility index (Phi) is 3.49. The second kappa shape index (κ2) is 4.17. The Morgan fingerprint density at radius 3 is 2.13 bits per heavy atom. The summed E-state index contributed by atoms with van der Waals surface area (Å²) in [6.45, 7) is 10.7. The first kappa shape index (κ1) is 12.6. The minimum atomic E-state index is 0.111. The quantitative estimate of drug-likeness (QED) is 0.792. The fourth-order valence-electron chi connectivity index (χ4n) is 1.49. The van der Waals surface area contributed by atoms with E-state index in [1.54, 1.807) is 0 Å². The van der Waals surface area contributed by atoms with Crippen LogP contribution in [-0.2, 0) is 5.41 Å². The van der Waals surface area contributed by atoms with Gasteiger partial charge in [0.2, 0.25) is 0 Å². The maximum absolute atomic E-state index is 9.91. The summed E-state index contributed by atoms with van der Waals surface area (Å²) in [5.41, 5.74) is 2.37. The van der Waals surface area contributed by atoms with Gasteiger partial charge < -0.3 is 5.11 Å². The molecule has 0 fully saturated rings. The zero-order chi connectivity index (χ0) is 11.8. The number of hydrogen-bond donors (Lipinski definition) is 1. The first-order chi connectivity index (χ1) is 6.73. The summed E-state index contributed by atoms with van der Waals surface area (Å²) in [5.74, 6) is 0.710. The summed E-state index contributed by atoms with van der Waals surface area (Å²) in [7, 11) is 0. The predicted octanol–water partition coefficient (Wildman–Crippen LogP) is 4.58. The van der Waals surface area contributed by atoms with Gasteiger partial charge in [-0.15, -0.1) is 0 Å². The maximum atomic E-state index is 9.91. The van der Waals surface area contributed by atoms with E-state index in [0.717, 1.165) is 10.0 Å². The van der Waals surface area contributed by atoms with Crippen molar-refractivity contribution in [2.75, 3.05) is 0 Å². The molecule has 2 heteroatoms. The molecule has 0 aliphatic carbocycles. The molecule has 0 aromatic heterocycles. The van der Waals surface area contributed by atoms with Gasteiger partial charge in [-0.3, -0.25) is 0 Å². The first-order valence-corrected chi connectivity index (χ1v) is 6.05. The molecule has 0 saturated heterocycles. The van der Waals surface area contributed by atoms with Gasteiger partial charge in [0.25, 0.3) is 0 Å². The molecule has 0 spiro atoms. The predicted molar refractivity (Wildman–Crippen MR) is 68.6 cm³/mol. The molecule has 0 heterocycles. The highest BCUT2D eigenvalue weighted by atomic mass is 79.9. The number of phenols is 1. The highest BCUT2D eigenvalue weighted by molar-refractivity contribution is 9.10. The summed E-state index contributed by atoms with van der Waals surface area (Å²) >= 11 is 3.41. The molecule has 0 atom stereocenters. The average molecular weight is 271 g/mol. The Labute approximate surface area is 101 Å². The molecule has 1 nitrogen and oxygen atoms in total. The zero-order valence-electron chi connectivity index (χ0n) is 10.1. The van der Waals surface area contributed by atoms with E-state index < -0.39 is 0 Å². The van der Waals surface area contributed by atoms with E-state index in [9.17, 15) is 5.11 Å². The molecule has 1 aromatic carbocycles. The molecule has 0 saturated carbocycles. The molecule has 1 N–H and O–H groups in total. The fraction of sp³-hybridized carbons (Fsp3) is 0.538. The normalized spacial score (nSPS) is 12.2. The van der Waals surface area contributed by atoms with Crippen LogP contribution in [0.1, 0.15) is 51.7 Å². The van der Waals surface area contributed by atoms with Crippen molar-refractivity contribution < 1.29 is 5.11 Å². The van der Waals surface area contributed by atoms with Gasteiger partial charge in [0, 0.05) is 0 Å². The largest absolute Gasteiger partial charge is 0.506 e. The number of rotatable bonds is 1. The number of hydrogen-bond acceptors (Lipinski definition) is 1. The van der Waals surface area contributed by atoms with E-state index in [-0.39, 0.29) is 5.41 Å². The van der Waals surface area contributed by atoms with Gasteiger partial charge in [-0.2, -0.15) is 0 Å². The first-order valence-electron chi connectivity index (χ1n) is 5.26. The lowest BCUT2D eigenvalue weighted by molar-refractivity contribution is 0.459. The standard InChI is InChI=1S/C13H19BrO/c1-8(2)10-6-9(13(3,4)5)7-11(14)12(10)15/h6-8,15H,1-5H3. The average Bonchev–Trinajstić information content (AvgIpc) is 2.06. The second-order valence-electron chi connectivity index (χ2n) is 5.30. The summed E-state index contributed by atoms with van der Waals surface area (Å²) in [6.07, 6.45) is 0. The molecule has 0 amide bonds. The van der Waals surface area contributed by atoms with Gasteiger partial charge in [0.15, 0.2) is 0 Å². The van der Waals surface area contributed by atoms with E-state index in [4.69, 9.17) is 0 Å². The van der Waals surface area contributed by atoms with Crippen LogP contribution in [-0.4, -0.2) is 5.11 Å². The van der Waals surface area contributed by atoms with Crippen molar-refractivity contribution in [3.05, 3.63) is 27.7 Å². The molecule has 0 aliphatic rings. The van der Waals surface area contributed by atoms with Crippen molar-refractivity contribution in [2.24, 2.45) is 0 Å². The Bertz CT molecular complexity index is 362. The summed E-state index contributed by atoms with van der Waals surface area (Å²) < 4.78 is 0.790. The third-order valence-electron chi connectivity index (χ3n) is 2.58. The molecular weight excluding hydrogens is 252 g/mol. The molecule has 1 rings (SSSR count). The number of aromatic hydroxyl groups is 1. The van der Waals surface area contributed by atoms with Crippen molar-refractivity contribution in [3.8, 4) is 5.75 Å². The highest BCUT2D eigenvalue weighted by Crippen LogP contribution is 2.37. The van der Waals surface area contributed by atoms with Gasteiger partial charge >= 0.3 is 0 Å². The van der Waals surface area contributed by atoms with Gasteiger partial charge in [-0.05, 0) is 44.5 Å². The highest BCUT2D eigenvalue weighted by Gasteiger charge is 2.18. The molecule has 1 aromatic rings. The molecule has 15 heavy (non-hydrogen) atoms. The molecule has 0 aliphatic heterocycles. The summed E-state index contributed by atoms with van der Waals surface area (Å²) in [5, 5.41) is 9.91. The van der Waals surface area contributed by atoms with Crippen molar-refractivity contribution in [1.29, 1.82) is 0 Å². The lowest BCUT2D eigenvalue weighted by Crippen LogP contribution is -2.11. The van der Waals surface area contributed by atoms with Crippen LogP contribution in [0.15, 0.2) is 16.6 Å². The smallest absolute Gasteiger partial charge is 0.133 e. The zero-order valence-corrected chi connectivity index (χ0v) is 11.6. The van der Waals surface area contributed by atoms with Crippen LogP contribution in [0, 0.1) is 0 Å². The number of benzene rings is 1. The van der Waals surface area contributed by atoms with Gasteiger partial charge in [-0.1, -0.05) is 40.7 Å². The van der Waals surface area contributed by atoms with E-state index in [1.165, 1.54) is 5.56 Å². The molecule has 0 bridgehead atoms. The molecule has 84 valence electrons.